The molecular weight excluding hydrogens is 318 g/mol. The third kappa shape index (κ3) is 5.03. The first kappa shape index (κ1) is 16.9. The number of ether oxygens (including phenoxy) is 1. The van der Waals surface area contributed by atoms with Gasteiger partial charge in [0.1, 0.15) is 5.75 Å². The Morgan fingerprint density at radius 2 is 1.91 bits per heavy atom. The summed E-state index contributed by atoms with van der Waals surface area (Å²) in [4.78, 5) is 23.7. The molecule has 0 aliphatic rings. The number of hydrogen-bond donors (Lipinski definition) is 2. The fourth-order valence-corrected chi connectivity index (χ4v) is 2.02. The van der Waals surface area contributed by atoms with E-state index in [0.29, 0.717) is 10.8 Å². The minimum Gasteiger partial charge on any atom is -0.481 e. The molecule has 0 aliphatic carbocycles. The third-order valence-corrected chi connectivity index (χ3v) is 3.47. The Hall–Kier alpha value is -2.47. The molecule has 0 spiro atoms. The standard InChI is InChI=1S/C16H18ClN3O3/c1-11(23-14-7-5-12(17)6-8-14)16(22)19-18-15(21)10-13-4-3-9-20(13)2/h3-9,11H,10H2,1-2H3,(H,18,21)(H,19,22)/t11-/m1/s1. The quantitative estimate of drug-likeness (QED) is 0.819. The second-order valence-electron chi connectivity index (χ2n) is 5.04. The van der Waals surface area contributed by atoms with Crippen LogP contribution >= 0.6 is 11.6 Å². The zero-order valence-corrected chi connectivity index (χ0v) is 13.6. The van der Waals surface area contributed by atoms with E-state index in [4.69, 9.17) is 16.3 Å². The highest BCUT2D eigenvalue weighted by Crippen LogP contribution is 2.16. The van der Waals surface area contributed by atoms with Crippen LogP contribution in [0.4, 0.5) is 0 Å². The van der Waals surface area contributed by atoms with Gasteiger partial charge in [-0.3, -0.25) is 20.4 Å². The average molecular weight is 336 g/mol. The Balaban J connectivity index is 1.78. The van der Waals surface area contributed by atoms with Gasteiger partial charge in [-0.05, 0) is 43.3 Å². The van der Waals surface area contributed by atoms with Gasteiger partial charge in [-0.15, -0.1) is 0 Å². The number of amides is 2. The van der Waals surface area contributed by atoms with Crippen molar-refractivity contribution in [1.29, 1.82) is 0 Å². The minimum atomic E-state index is -0.758. The molecule has 2 rings (SSSR count). The van der Waals surface area contributed by atoms with Crippen molar-refractivity contribution in [2.24, 2.45) is 7.05 Å². The Bertz CT molecular complexity index is 682. The van der Waals surface area contributed by atoms with Crippen molar-refractivity contribution in [2.75, 3.05) is 0 Å². The van der Waals surface area contributed by atoms with Gasteiger partial charge < -0.3 is 9.30 Å². The van der Waals surface area contributed by atoms with Crippen LogP contribution in [0.15, 0.2) is 42.6 Å². The van der Waals surface area contributed by atoms with Crippen molar-refractivity contribution in [1.82, 2.24) is 15.4 Å². The molecule has 23 heavy (non-hydrogen) atoms. The van der Waals surface area contributed by atoms with E-state index in [1.165, 1.54) is 0 Å². The van der Waals surface area contributed by atoms with E-state index in [9.17, 15) is 9.59 Å². The molecule has 2 amide bonds. The van der Waals surface area contributed by atoms with E-state index >= 15 is 0 Å². The zero-order valence-electron chi connectivity index (χ0n) is 12.9. The lowest BCUT2D eigenvalue weighted by Crippen LogP contribution is -2.47. The van der Waals surface area contributed by atoms with Crippen LogP contribution < -0.4 is 15.6 Å². The summed E-state index contributed by atoms with van der Waals surface area (Å²) in [6, 6.07) is 10.4. The second-order valence-corrected chi connectivity index (χ2v) is 5.48. The molecule has 6 nitrogen and oxygen atoms in total. The number of carbonyl (C=O) groups is 2. The number of nitrogens with zero attached hydrogens (tertiary/aromatic N) is 1. The summed E-state index contributed by atoms with van der Waals surface area (Å²) in [5, 5.41) is 0.586. The van der Waals surface area contributed by atoms with Gasteiger partial charge in [-0.2, -0.15) is 0 Å². The molecule has 1 heterocycles. The predicted molar refractivity (Wildman–Crippen MR) is 86.9 cm³/mol. The topological polar surface area (TPSA) is 72.4 Å². The summed E-state index contributed by atoms with van der Waals surface area (Å²) < 4.78 is 7.30. The van der Waals surface area contributed by atoms with Crippen LogP contribution in [0, 0.1) is 0 Å². The number of hydrogen-bond acceptors (Lipinski definition) is 3. The fraction of sp³-hybridized carbons (Fsp3) is 0.250. The summed E-state index contributed by atoms with van der Waals surface area (Å²) >= 11 is 5.78. The van der Waals surface area contributed by atoms with Gasteiger partial charge in [0.2, 0.25) is 5.91 Å². The van der Waals surface area contributed by atoms with Gasteiger partial charge in [-0.25, -0.2) is 0 Å². The molecule has 122 valence electrons. The number of halogens is 1. The highest BCUT2D eigenvalue weighted by Gasteiger charge is 2.15. The van der Waals surface area contributed by atoms with E-state index < -0.39 is 12.0 Å². The molecule has 0 bridgehead atoms. The molecule has 1 aromatic heterocycles. The lowest BCUT2D eigenvalue weighted by Gasteiger charge is -2.15. The number of carbonyl (C=O) groups excluding carboxylic acids is 2. The minimum absolute atomic E-state index is 0.177. The summed E-state index contributed by atoms with van der Waals surface area (Å²) in [5.74, 6) is -0.230. The first-order valence-corrected chi connectivity index (χ1v) is 7.44. The van der Waals surface area contributed by atoms with E-state index in [2.05, 4.69) is 10.9 Å². The summed E-state index contributed by atoms with van der Waals surface area (Å²) in [5.41, 5.74) is 5.57. The number of aromatic nitrogens is 1. The number of nitrogens with one attached hydrogen (secondary N) is 2. The molecule has 0 aliphatic heterocycles. The summed E-state index contributed by atoms with van der Waals surface area (Å²) in [6.45, 7) is 1.59. The molecular formula is C16H18ClN3O3. The molecule has 0 saturated heterocycles. The van der Waals surface area contributed by atoms with Gasteiger partial charge in [-0.1, -0.05) is 11.6 Å². The molecule has 0 radical (unpaired) electrons. The van der Waals surface area contributed by atoms with Crippen LogP contribution in [0.25, 0.3) is 0 Å². The second kappa shape index (κ2) is 7.69. The highest BCUT2D eigenvalue weighted by atomic mass is 35.5. The maximum Gasteiger partial charge on any atom is 0.279 e. The lowest BCUT2D eigenvalue weighted by atomic mass is 10.3. The van der Waals surface area contributed by atoms with E-state index in [0.717, 1.165) is 5.69 Å². The number of aryl methyl sites for hydroxylation is 1. The van der Waals surface area contributed by atoms with Crippen molar-refractivity contribution in [3.8, 4) is 5.75 Å². The third-order valence-electron chi connectivity index (χ3n) is 3.21. The maximum absolute atomic E-state index is 11.9. The Morgan fingerprint density at radius 1 is 1.22 bits per heavy atom. The molecule has 2 aromatic rings. The van der Waals surface area contributed by atoms with Crippen molar-refractivity contribution in [3.63, 3.8) is 0 Å². The van der Waals surface area contributed by atoms with Crippen LogP contribution in [-0.4, -0.2) is 22.5 Å². The van der Waals surface area contributed by atoms with E-state index in [-0.39, 0.29) is 12.3 Å². The molecule has 7 heteroatoms. The van der Waals surface area contributed by atoms with Crippen molar-refractivity contribution in [2.45, 2.75) is 19.4 Å². The number of rotatable bonds is 5. The molecule has 2 N–H and O–H groups in total. The van der Waals surface area contributed by atoms with Gasteiger partial charge in [0.15, 0.2) is 6.10 Å². The Labute approximate surface area is 139 Å². The first-order valence-electron chi connectivity index (χ1n) is 7.07. The molecule has 1 aromatic carbocycles. The normalized spacial score (nSPS) is 11.6. The molecule has 1 atom stereocenters. The SMILES string of the molecule is C[C@@H](Oc1ccc(Cl)cc1)C(=O)NNC(=O)Cc1cccn1C. The van der Waals surface area contributed by atoms with Crippen LogP contribution in [-0.2, 0) is 23.1 Å². The molecule has 0 fully saturated rings. The molecule has 0 unspecified atom stereocenters. The van der Waals surface area contributed by atoms with E-state index in [1.807, 2.05) is 29.9 Å². The predicted octanol–water partition coefficient (Wildman–Crippen LogP) is 1.84. The Kier molecular flexibility index (Phi) is 5.65. The lowest BCUT2D eigenvalue weighted by molar-refractivity contribution is -0.132. The first-order chi connectivity index (χ1) is 11.0. The average Bonchev–Trinajstić information content (AvgIpc) is 2.92. The Morgan fingerprint density at radius 3 is 2.52 bits per heavy atom. The summed E-state index contributed by atoms with van der Waals surface area (Å²) in [6.07, 6.45) is 1.27. The van der Waals surface area contributed by atoms with Gasteiger partial charge in [0.25, 0.3) is 5.91 Å². The summed E-state index contributed by atoms with van der Waals surface area (Å²) in [7, 11) is 1.85. The number of hydrazine groups is 1. The van der Waals surface area contributed by atoms with Crippen molar-refractivity contribution < 1.29 is 14.3 Å². The van der Waals surface area contributed by atoms with Crippen LogP contribution in [0.5, 0.6) is 5.75 Å². The maximum atomic E-state index is 11.9. The van der Waals surface area contributed by atoms with Crippen molar-refractivity contribution >= 4 is 23.4 Å². The number of benzene rings is 1. The van der Waals surface area contributed by atoms with Crippen LogP contribution in [0.3, 0.4) is 0 Å². The zero-order chi connectivity index (χ0) is 16.8. The van der Waals surface area contributed by atoms with Crippen molar-refractivity contribution in [3.05, 3.63) is 53.3 Å². The van der Waals surface area contributed by atoms with E-state index in [1.54, 1.807) is 31.2 Å². The highest BCUT2D eigenvalue weighted by molar-refractivity contribution is 6.30. The van der Waals surface area contributed by atoms with Crippen LogP contribution in [0.2, 0.25) is 5.02 Å². The largest absolute Gasteiger partial charge is 0.481 e. The van der Waals surface area contributed by atoms with Crippen LogP contribution in [0.1, 0.15) is 12.6 Å². The van der Waals surface area contributed by atoms with Gasteiger partial charge in [0.05, 0.1) is 6.42 Å². The molecule has 0 saturated carbocycles. The smallest absolute Gasteiger partial charge is 0.279 e. The van der Waals surface area contributed by atoms with Gasteiger partial charge in [0, 0.05) is 24.0 Å². The monoisotopic (exact) mass is 335 g/mol. The fourth-order valence-electron chi connectivity index (χ4n) is 1.89. The van der Waals surface area contributed by atoms with Gasteiger partial charge >= 0.3 is 0 Å².